The lowest BCUT2D eigenvalue weighted by Gasteiger charge is -2.45. The molecule has 1 aliphatic heterocycles. The van der Waals surface area contributed by atoms with Crippen molar-refractivity contribution < 1.29 is 4.79 Å². The smallest absolute Gasteiger partial charge is 0.254 e. The lowest BCUT2D eigenvalue weighted by atomic mass is 9.65. The molecule has 1 amide bonds. The third kappa shape index (κ3) is 2.47. The summed E-state index contributed by atoms with van der Waals surface area (Å²) in [4.78, 5) is 22.8. The summed E-state index contributed by atoms with van der Waals surface area (Å²) in [5.41, 5.74) is 1.13. The van der Waals surface area contributed by atoms with Gasteiger partial charge in [0.1, 0.15) is 0 Å². The number of anilines is 1. The molecule has 0 aromatic carbocycles. The van der Waals surface area contributed by atoms with E-state index in [0.717, 1.165) is 37.9 Å². The first kappa shape index (κ1) is 13.7. The minimum absolute atomic E-state index is 0.181. The largest absolute Gasteiger partial charge is 0.351 e. The third-order valence-corrected chi connectivity index (χ3v) is 5.43. The summed E-state index contributed by atoms with van der Waals surface area (Å²) in [6, 6.07) is 4.16. The zero-order valence-corrected chi connectivity index (χ0v) is 13.1. The molecule has 5 nitrogen and oxygen atoms in total. The van der Waals surface area contributed by atoms with Gasteiger partial charge in [0.25, 0.3) is 5.91 Å². The van der Waals surface area contributed by atoms with Crippen LogP contribution in [-0.4, -0.2) is 39.9 Å². The predicted octanol–water partition coefficient (Wildman–Crippen LogP) is 2.64. The summed E-state index contributed by atoms with van der Waals surface area (Å²) >= 11 is 1.58. The van der Waals surface area contributed by atoms with Crippen molar-refractivity contribution in [3.8, 4) is 0 Å². The molecule has 0 bridgehead atoms. The lowest BCUT2D eigenvalue weighted by molar-refractivity contribution is 0.0716. The molecule has 2 aliphatic rings. The molecular formula is C16H18N4OS. The number of nitrogens with one attached hydrogen (secondary N) is 1. The molecule has 1 N–H and O–H groups in total. The SMILES string of the molecule is O=C(c1ccsc1)N1CCC2(CC(Nc3ncccn3)C2)C1. The highest BCUT2D eigenvalue weighted by atomic mass is 32.1. The highest BCUT2D eigenvalue weighted by Crippen LogP contribution is 2.49. The first-order chi connectivity index (χ1) is 10.7. The fourth-order valence-electron chi connectivity index (χ4n) is 3.65. The van der Waals surface area contributed by atoms with Crippen LogP contribution < -0.4 is 5.32 Å². The molecule has 0 atom stereocenters. The Morgan fingerprint density at radius 3 is 2.91 bits per heavy atom. The number of thiophene rings is 1. The first-order valence-electron chi connectivity index (χ1n) is 7.59. The average Bonchev–Trinajstić information content (AvgIpc) is 3.17. The van der Waals surface area contributed by atoms with Crippen LogP contribution in [0, 0.1) is 5.41 Å². The molecule has 3 heterocycles. The van der Waals surface area contributed by atoms with Gasteiger partial charge in [-0.1, -0.05) is 0 Å². The number of aromatic nitrogens is 2. The molecule has 4 rings (SSSR count). The highest BCUT2D eigenvalue weighted by molar-refractivity contribution is 7.08. The Morgan fingerprint density at radius 2 is 2.18 bits per heavy atom. The Hall–Kier alpha value is -1.95. The Bertz CT molecular complexity index is 652. The number of nitrogens with zero attached hydrogens (tertiary/aromatic N) is 3. The quantitative estimate of drug-likeness (QED) is 0.946. The van der Waals surface area contributed by atoms with Crippen molar-refractivity contribution in [2.45, 2.75) is 25.3 Å². The second kappa shape index (κ2) is 5.35. The van der Waals surface area contributed by atoms with Gasteiger partial charge in [0.2, 0.25) is 5.95 Å². The van der Waals surface area contributed by atoms with Crippen LogP contribution in [-0.2, 0) is 0 Å². The van der Waals surface area contributed by atoms with E-state index in [1.54, 1.807) is 23.7 Å². The van der Waals surface area contributed by atoms with Gasteiger partial charge in [-0.25, -0.2) is 9.97 Å². The van der Waals surface area contributed by atoms with Crippen molar-refractivity contribution in [3.63, 3.8) is 0 Å². The summed E-state index contributed by atoms with van der Waals surface area (Å²) in [7, 11) is 0. The normalized spacial score (nSPS) is 26.9. The minimum atomic E-state index is 0.181. The number of carbonyl (C=O) groups is 1. The van der Waals surface area contributed by atoms with Crippen molar-refractivity contribution >= 4 is 23.2 Å². The molecule has 2 aromatic heterocycles. The van der Waals surface area contributed by atoms with Gasteiger partial charge < -0.3 is 10.2 Å². The first-order valence-corrected chi connectivity index (χ1v) is 8.53. The molecular weight excluding hydrogens is 296 g/mol. The van der Waals surface area contributed by atoms with Crippen LogP contribution in [0.5, 0.6) is 0 Å². The molecule has 1 saturated carbocycles. The molecule has 1 spiro atoms. The molecule has 114 valence electrons. The van der Waals surface area contributed by atoms with Gasteiger partial charge in [-0.2, -0.15) is 11.3 Å². The van der Waals surface area contributed by atoms with Crippen molar-refractivity contribution in [1.29, 1.82) is 0 Å². The molecule has 6 heteroatoms. The number of amides is 1. The molecule has 1 aliphatic carbocycles. The summed E-state index contributed by atoms with van der Waals surface area (Å²) in [6.07, 6.45) is 6.80. The van der Waals surface area contributed by atoms with Crippen LogP contribution in [0.2, 0.25) is 0 Å². The van der Waals surface area contributed by atoms with Crippen LogP contribution in [0.15, 0.2) is 35.3 Å². The van der Waals surface area contributed by atoms with Crippen molar-refractivity contribution in [2.24, 2.45) is 5.41 Å². The third-order valence-electron chi connectivity index (χ3n) is 4.75. The Balaban J connectivity index is 1.33. The van der Waals surface area contributed by atoms with Gasteiger partial charge >= 0.3 is 0 Å². The van der Waals surface area contributed by atoms with Crippen molar-refractivity contribution in [1.82, 2.24) is 14.9 Å². The zero-order chi connectivity index (χ0) is 15.0. The fourth-order valence-corrected chi connectivity index (χ4v) is 4.28. The van der Waals surface area contributed by atoms with E-state index < -0.39 is 0 Å². The maximum Gasteiger partial charge on any atom is 0.254 e. The second-order valence-electron chi connectivity index (χ2n) is 6.31. The fraction of sp³-hybridized carbons (Fsp3) is 0.438. The zero-order valence-electron chi connectivity index (χ0n) is 12.2. The van der Waals surface area contributed by atoms with Gasteiger partial charge in [0.05, 0.1) is 5.56 Å². The second-order valence-corrected chi connectivity index (χ2v) is 7.09. The van der Waals surface area contributed by atoms with Gasteiger partial charge in [-0.05, 0) is 42.2 Å². The molecule has 2 aromatic rings. The summed E-state index contributed by atoms with van der Waals surface area (Å²) in [6.45, 7) is 1.76. The number of rotatable bonds is 3. The molecule has 0 radical (unpaired) electrons. The van der Waals surface area contributed by atoms with E-state index in [9.17, 15) is 4.79 Å². The lowest BCUT2D eigenvalue weighted by Crippen LogP contribution is -2.47. The van der Waals surface area contributed by atoms with Crippen molar-refractivity contribution in [2.75, 3.05) is 18.4 Å². The van der Waals surface area contributed by atoms with Crippen LogP contribution >= 0.6 is 11.3 Å². The van der Waals surface area contributed by atoms with E-state index in [4.69, 9.17) is 0 Å². The predicted molar refractivity (Wildman–Crippen MR) is 85.9 cm³/mol. The molecule has 0 unspecified atom stereocenters. The van der Waals surface area contributed by atoms with E-state index in [1.165, 1.54) is 0 Å². The molecule has 1 saturated heterocycles. The van der Waals surface area contributed by atoms with E-state index in [0.29, 0.717) is 17.4 Å². The van der Waals surface area contributed by atoms with Crippen LogP contribution in [0.4, 0.5) is 5.95 Å². The van der Waals surface area contributed by atoms with Gasteiger partial charge in [0.15, 0.2) is 0 Å². The Labute approximate surface area is 133 Å². The summed E-state index contributed by atoms with van der Waals surface area (Å²) in [5.74, 6) is 0.882. The van der Waals surface area contributed by atoms with Crippen LogP contribution in [0.1, 0.15) is 29.6 Å². The van der Waals surface area contributed by atoms with Crippen LogP contribution in [0.3, 0.4) is 0 Å². The van der Waals surface area contributed by atoms with Crippen molar-refractivity contribution in [3.05, 3.63) is 40.8 Å². The minimum Gasteiger partial charge on any atom is -0.351 e. The number of carbonyl (C=O) groups excluding carboxylic acids is 1. The topological polar surface area (TPSA) is 58.1 Å². The molecule has 22 heavy (non-hydrogen) atoms. The standard InChI is InChI=1S/C16H18N4OS/c21-14(12-2-7-22-10-12)20-6-3-16(11-20)8-13(9-16)19-15-17-4-1-5-18-15/h1-2,4-5,7,10,13H,3,6,8-9,11H2,(H,17,18,19). The van der Waals surface area contributed by atoms with Gasteiger partial charge in [0, 0.05) is 36.9 Å². The van der Waals surface area contributed by atoms with Gasteiger partial charge in [-0.15, -0.1) is 0 Å². The number of hydrogen-bond acceptors (Lipinski definition) is 5. The van der Waals surface area contributed by atoms with E-state index in [2.05, 4.69) is 15.3 Å². The highest BCUT2D eigenvalue weighted by Gasteiger charge is 2.49. The number of likely N-dealkylation sites (tertiary alicyclic amines) is 1. The maximum atomic E-state index is 12.4. The van der Waals surface area contributed by atoms with Crippen LogP contribution in [0.25, 0.3) is 0 Å². The van der Waals surface area contributed by atoms with E-state index >= 15 is 0 Å². The Morgan fingerprint density at radius 1 is 1.36 bits per heavy atom. The molecule has 2 fully saturated rings. The van der Waals surface area contributed by atoms with E-state index in [1.807, 2.05) is 27.8 Å². The van der Waals surface area contributed by atoms with E-state index in [-0.39, 0.29) is 5.91 Å². The summed E-state index contributed by atoms with van der Waals surface area (Å²) in [5, 5.41) is 7.27. The van der Waals surface area contributed by atoms with Gasteiger partial charge in [-0.3, -0.25) is 4.79 Å². The maximum absolute atomic E-state index is 12.4. The Kier molecular flexibility index (Phi) is 3.33. The monoisotopic (exact) mass is 314 g/mol. The average molecular weight is 314 g/mol. The number of hydrogen-bond donors (Lipinski definition) is 1. The summed E-state index contributed by atoms with van der Waals surface area (Å²) < 4.78 is 0.